The van der Waals surface area contributed by atoms with E-state index in [2.05, 4.69) is 17.1 Å². The van der Waals surface area contributed by atoms with Crippen LogP contribution in [0.4, 0.5) is 0 Å². The second kappa shape index (κ2) is 6.84. The lowest BCUT2D eigenvalue weighted by molar-refractivity contribution is 0.201. The molecule has 0 atom stereocenters. The number of benzene rings is 1. The van der Waals surface area contributed by atoms with Crippen molar-refractivity contribution in [2.24, 2.45) is 0 Å². The van der Waals surface area contributed by atoms with E-state index in [1.165, 1.54) is 0 Å². The fourth-order valence-electron chi connectivity index (χ4n) is 2.69. The number of rotatable bonds is 5. The van der Waals surface area contributed by atoms with Crippen molar-refractivity contribution in [3.63, 3.8) is 0 Å². The minimum atomic E-state index is -0.0580. The average molecular weight is 337 g/mol. The summed E-state index contributed by atoms with van der Waals surface area (Å²) in [7, 11) is 0. The van der Waals surface area contributed by atoms with E-state index in [1.807, 2.05) is 0 Å². The Morgan fingerprint density at radius 2 is 1.83 bits per heavy atom. The lowest BCUT2D eigenvalue weighted by atomic mass is 9.94. The highest BCUT2D eigenvalue weighted by molar-refractivity contribution is 7.71. The van der Waals surface area contributed by atoms with Gasteiger partial charge < -0.3 is 14.8 Å². The van der Waals surface area contributed by atoms with Gasteiger partial charge in [-0.3, -0.25) is 0 Å². The topological polar surface area (TPSA) is 92.8 Å². The third kappa shape index (κ3) is 3.03. The zero-order chi connectivity index (χ0) is 17.1. The third-order valence-electron chi connectivity index (χ3n) is 3.96. The van der Waals surface area contributed by atoms with Gasteiger partial charge in [-0.1, -0.05) is 24.4 Å². The summed E-state index contributed by atoms with van der Waals surface area (Å²) in [5, 5.41) is 28.0. The Bertz CT molecular complexity index is 900. The molecule has 0 spiro atoms. The van der Waals surface area contributed by atoms with Crippen molar-refractivity contribution in [2.75, 3.05) is 13.2 Å². The molecule has 3 rings (SSSR count). The first-order valence-corrected chi connectivity index (χ1v) is 8.05. The number of nitrogens with zero attached hydrogens (tertiary/aromatic N) is 2. The van der Waals surface area contributed by atoms with Crippen molar-refractivity contribution < 1.29 is 9.84 Å². The van der Waals surface area contributed by atoms with Crippen LogP contribution in [0, 0.1) is 27.3 Å². The summed E-state index contributed by atoms with van der Waals surface area (Å²) in [5.41, 5.74) is 2.97. The largest absolute Gasteiger partial charge is 0.491 e. The van der Waals surface area contributed by atoms with Gasteiger partial charge in [-0.2, -0.15) is 10.5 Å². The first kappa shape index (κ1) is 16.2. The molecule has 2 aromatic rings. The Kier molecular flexibility index (Phi) is 4.61. The predicted molar refractivity (Wildman–Crippen MR) is 91.0 cm³/mol. The third-order valence-corrected chi connectivity index (χ3v) is 4.26. The summed E-state index contributed by atoms with van der Waals surface area (Å²) >= 11 is 5.32. The Labute approximate surface area is 144 Å². The maximum absolute atomic E-state index is 9.65. The van der Waals surface area contributed by atoms with Crippen molar-refractivity contribution in [1.82, 2.24) is 4.98 Å². The van der Waals surface area contributed by atoms with Crippen LogP contribution >= 0.6 is 12.2 Å². The molecule has 1 aliphatic carbocycles. The normalized spacial score (nSPS) is 13.1. The number of hydrogen-bond donors (Lipinski definition) is 2. The number of aromatic amines is 1. The van der Waals surface area contributed by atoms with Crippen molar-refractivity contribution in [2.45, 2.75) is 18.8 Å². The van der Waals surface area contributed by atoms with Gasteiger partial charge in [-0.15, -0.1) is 0 Å². The number of aliphatic hydroxyl groups excluding tert-OH is 1. The number of ether oxygens (including phenoxy) is 1. The summed E-state index contributed by atoms with van der Waals surface area (Å²) in [6, 6.07) is 11.5. The molecule has 0 unspecified atom stereocenters. The molecule has 24 heavy (non-hydrogen) atoms. The van der Waals surface area contributed by atoms with E-state index >= 15 is 0 Å². The Morgan fingerprint density at radius 3 is 2.38 bits per heavy atom. The zero-order valence-corrected chi connectivity index (χ0v) is 13.7. The van der Waals surface area contributed by atoms with E-state index in [-0.39, 0.29) is 13.2 Å². The molecule has 1 aliphatic rings. The molecular weight excluding hydrogens is 322 g/mol. The first-order valence-electron chi connectivity index (χ1n) is 7.64. The summed E-state index contributed by atoms with van der Waals surface area (Å²) in [6.45, 7) is 0.159. The number of aromatic nitrogens is 1. The van der Waals surface area contributed by atoms with Gasteiger partial charge in [0.05, 0.1) is 17.7 Å². The number of H-pyrrole nitrogens is 1. The zero-order valence-electron chi connectivity index (χ0n) is 12.9. The molecule has 2 N–H and O–H groups in total. The van der Waals surface area contributed by atoms with Gasteiger partial charge in [0, 0.05) is 17.2 Å². The molecule has 0 aliphatic heterocycles. The van der Waals surface area contributed by atoms with Crippen molar-refractivity contribution in [3.05, 3.63) is 45.7 Å². The molecule has 1 saturated carbocycles. The average Bonchev–Trinajstić information content (AvgIpc) is 3.44. The number of nitriles is 2. The molecule has 5 nitrogen and oxygen atoms in total. The Morgan fingerprint density at radius 1 is 1.17 bits per heavy atom. The van der Waals surface area contributed by atoms with Crippen LogP contribution in [0.2, 0.25) is 0 Å². The monoisotopic (exact) mass is 337 g/mol. The molecule has 1 aromatic heterocycles. The van der Waals surface area contributed by atoms with Crippen LogP contribution in [-0.4, -0.2) is 23.3 Å². The summed E-state index contributed by atoms with van der Waals surface area (Å²) in [6.07, 6.45) is 2.05. The number of hydrogen-bond acceptors (Lipinski definition) is 5. The minimum Gasteiger partial charge on any atom is -0.491 e. The highest BCUT2D eigenvalue weighted by Gasteiger charge is 2.30. The lowest BCUT2D eigenvalue weighted by Gasteiger charge is -2.12. The quantitative estimate of drug-likeness (QED) is 0.816. The maximum atomic E-state index is 9.65. The fourth-order valence-corrected chi connectivity index (χ4v) is 2.95. The Hall–Kier alpha value is -2.67. The molecule has 0 saturated heterocycles. The second-order valence-corrected chi connectivity index (χ2v) is 6.00. The standard InChI is InChI=1S/C18H15N3O2S/c19-9-14-16(11-3-5-13(6-4-11)23-8-7-22)15(10-20)18(24)21-17(14)12-1-2-12/h3-6,12,22H,1-2,7-8H2,(H,21,24). The van der Waals surface area contributed by atoms with E-state index in [1.54, 1.807) is 24.3 Å². The van der Waals surface area contributed by atoms with E-state index in [4.69, 9.17) is 22.1 Å². The molecule has 0 bridgehead atoms. The van der Waals surface area contributed by atoms with Crippen molar-refractivity contribution >= 4 is 12.2 Å². The number of nitrogens with one attached hydrogen (secondary N) is 1. The molecule has 120 valence electrons. The molecule has 1 heterocycles. The van der Waals surface area contributed by atoms with Crippen LogP contribution in [0.25, 0.3) is 11.1 Å². The Balaban J connectivity index is 2.14. The van der Waals surface area contributed by atoms with Gasteiger partial charge in [0.2, 0.25) is 0 Å². The highest BCUT2D eigenvalue weighted by atomic mass is 32.1. The van der Waals surface area contributed by atoms with Crippen LogP contribution in [0.5, 0.6) is 5.75 Å². The maximum Gasteiger partial charge on any atom is 0.122 e. The molecule has 1 aromatic carbocycles. The van der Waals surface area contributed by atoms with Crippen molar-refractivity contribution in [1.29, 1.82) is 10.5 Å². The molecule has 0 amide bonds. The van der Waals surface area contributed by atoms with Crippen LogP contribution < -0.4 is 4.74 Å². The summed E-state index contributed by atoms with van der Waals surface area (Å²) in [5.74, 6) is 0.938. The fraction of sp³-hybridized carbons (Fsp3) is 0.278. The van der Waals surface area contributed by atoms with Crippen LogP contribution in [0.15, 0.2) is 24.3 Å². The van der Waals surface area contributed by atoms with Gasteiger partial charge in [0.25, 0.3) is 0 Å². The molecule has 1 fully saturated rings. The summed E-state index contributed by atoms with van der Waals surface area (Å²) < 4.78 is 5.72. The van der Waals surface area contributed by atoms with E-state index < -0.39 is 0 Å². The van der Waals surface area contributed by atoms with Gasteiger partial charge >= 0.3 is 0 Å². The van der Waals surface area contributed by atoms with Crippen LogP contribution in [0.3, 0.4) is 0 Å². The molecule has 0 radical (unpaired) electrons. The van der Waals surface area contributed by atoms with E-state index in [9.17, 15) is 10.5 Å². The minimum absolute atomic E-state index is 0.0580. The van der Waals surface area contributed by atoms with E-state index in [0.717, 1.165) is 24.1 Å². The lowest BCUT2D eigenvalue weighted by Crippen LogP contribution is -2.02. The smallest absolute Gasteiger partial charge is 0.122 e. The van der Waals surface area contributed by atoms with Gasteiger partial charge in [-0.25, -0.2) is 0 Å². The summed E-state index contributed by atoms with van der Waals surface area (Å²) in [4.78, 5) is 3.08. The second-order valence-electron chi connectivity index (χ2n) is 5.59. The van der Waals surface area contributed by atoms with E-state index in [0.29, 0.717) is 33.0 Å². The molecular formula is C18H15N3O2S. The van der Waals surface area contributed by atoms with Gasteiger partial charge in [0.1, 0.15) is 29.1 Å². The predicted octanol–water partition coefficient (Wildman–Crippen LogP) is 3.40. The number of aliphatic hydroxyl groups is 1. The SMILES string of the molecule is N#Cc1c(C2CC2)[nH]c(=S)c(C#N)c1-c1ccc(OCCO)cc1. The highest BCUT2D eigenvalue weighted by Crippen LogP contribution is 2.43. The van der Waals surface area contributed by atoms with Gasteiger partial charge in [-0.05, 0) is 30.5 Å². The number of pyridine rings is 1. The van der Waals surface area contributed by atoms with Gasteiger partial charge in [0.15, 0.2) is 0 Å². The molecule has 6 heteroatoms. The van der Waals surface area contributed by atoms with Crippen molar-refractivity contribution in [3.8, 4) is 29.0 Å². The van der Waals surface area contributed by atoms with Crippen LogP contribution in [-0.2, 0) is 0 Å². The van der Waals surface area contributed by atoms with Crippen LogP contribution in [0.1, 0.15) is 35.6 Å². The first-order chi connectivity index (χ1) is 11.7.